The molecule has 2 aromatic carbocycles. The van der Waals surface area contributed by atoms with Gasteiger partial charge in [-0.25, -0.2) is 9.79 Å². The maximum Gasteiger partial charge on any atom is 0.338 e. The fraction of sp³-hybridized carbons (Fsp3) is 0.259. The number of benzene rings is 2. The van der Waals surface area contributed by atoms with E-state index in [-0.39, 0.29) is 23.1 Å². The first-order chi connectivity index (χ1) is 17.2. The van der Waals surface area contributed by atoms with Crippen molar-refractivity contribution in [2.24, 2.45) is 4.99 Å². The van der Waals surface area contributed by atoms with Crippen LogP contribution in [0.1, 0.15) is 37.9 Å². The Kier molecular flexibility index (Phi) is 5.88. The van der Waals surface area contributed by atoms with Gasteiger partial charge in [-0.15, -0.1) is 0 Å². The number of amides is 1. The Morgan fingerprint density at radius 3 is 2.44 bits per heavy atom. The first kappa shape index (κ1) is 23.7. The zero-order valence-electron chi connectivity index (χ0n) is 20.6. The van der Waals surface area contributed by atoms with Crippen LogP contribution in [0.3, 0.4) is 0 Å². The lowest BCUT2D eigenvalue weighted by Crippen LogP contribution is -2.41. The van der Waals surface area contributed by atoms with Crippen LogP contribution in [0.5, 0.6) is 5.75 Å². The predicted octanol–water partition coefficient (Wildman–Crippen LogP) is 2.54. The molecule has 1 aromatic heterocycles. The highest BCUT2D eigenvalue weighted by Gasteiger charge is 2.36. The maximum atomic E-state index is 14.0. The number of likely N-dealkylation sites (N-methyl/N-ethyl adjacent to an activating group) is 1. The molecule has 0 unspecified atom stereocenters. The number of nitrogens with zero attached hydrogens (tertiary/aromatic N) is 3. The Morgan fingerprint density at radius 1 is 1.08 bits per heavy atom. The highest BCUT2D eigenvalue weighted by Crippen LogP contribution is 2.35. The minimum Gasteiger partial charge on any atom is -0.497 e. The van der Waals surface area contributed by atoms with Crippen LogP contribution in [0.2, 0.25) is 0 Å². The fourth-order valence-corrected chi connectivity index (χ4v) is 5.74. The number of carbonyl (C=O) groups excluding carboxylic acids is 2. The number of fused-ring (bicyclic) bond motifs is 2. The van der Waals surface area contributed by atoms with Crippen molar-refractivity contribution in [3.05, 3.63) is 90.6 Å². The molecule has 0 saturated carbocycles. The summed E-state index contributed by atoms with van der Waals surface area (Å²) in [6, 6.07) is 13.8. The summed E-state index contributed by atoms with van der Waals surface area (Å²) in [7, 11) is 3.26. The molecular weight excluding hydrogens is 478 g/mol. The highest BCUT2D eigenvalue weighted by atomic mass is 32.1. The Morgan fingerprint density at radius 2 is 1.78 bits per heavy atom. The molecule has 0 bridgehead atoms. The summed E-state index contributed by atoms with van der Waals surface area (Å²) >= 11 is 1.15. The molecular formula is C27H25N3O5S. The van der Waals surface area contributed by atoms with E-state index in [0.29, 0.717) is 37.5 Å². The average molecular weight is 504 g/mol. The van der Waals surface area contributed by atoms with E-state index in [4.69, 9.17) is 9.47 Å². The standard InChI is InChI=1S/C27H25N3O5S/c1-14(2)35-26(33)20-15(3)28-27-30(22(20)16-10-12-17(34-5)13-11-16)25(32)23(36-27)21-18-8-6-7-9-19(18)29(4)24(21)31/h6-14,22H,1-5H3/b23-21+/t22-/m1/s1. The van der Waals surface area contributed by atoms with Crippen LogP contribution >= 0.6 is 11.3 Å². The molecule has 184 valence electrons. The van der Waals surface area contributed by atoms with Gasteiger partial charge in [-0.1, -0.05) is 41.7 Å². The van der Waals surface area contributed by atoms with E-state index in [1.54, 1.807) is 52.0 Å². The zero-order valence-corrected chi connectivity index (χ0v) is 21.4. The van der Waals surface area contributed by atoms with Gasteiger partial charge in [-0.2, -0.15) is 0 Å². The molecule has 36 heavy (non-hydrogen) atoms. The molecule has 0 spiro atoms. The monoisotopic (exact) mass is 503 g/mol. The third-order valence-electron chi connectivity index (χ3n) is 6.27. The Hall–Kier alpha value is -3.98. The summed E-state index contributed by atoms with van der Waals surface area (Å²) in [6.45, 7) is 5.28. The molecule has 3 heterocycles. The van der Waals surface area contributed by atoms with Gasteiger partial charge >= 0.3 is 5.97 Å². The average Bonchev–Trinajstić information content (AvgIpc) is 3.30. The largest absolute Gasteiger partial charge is 0.497 e. The fourth-order valence-electron chi connectivity index (χ4n) is 4.60. The number of hydrogen-bond donors (Lipinski definition) is 0. The quantitative estimate of drug-likeness (QED) is 0.511. The number of aromatic nitrogens is 1. The molecule has 1 amide bonds. The third kappa shape index (κ3) is 3.67. The van der Waals surface area contributed by atoms with Crippen LogP contribution in [0.25, 0.3) is 5.57 Å². The van der Waals surface area contributed by atoms with Gasteiger partial charge in [0.15, 0.2) is 4.80 Å². The SMILES string of the molecule is COc1ccc([C@@H]2C(C(=O)OC(C)C)=C(C)N=c3s/c(=C4/C(=O)N(C)c5ccccc54)c(=O)n32)cc1. The topological polar surface area (TPSA) is 90.2 Å². The van der Waals surface area contributed by atoms with Gasteiger partial charge in [0.1, 0.15) is 10.3 Å². The van der Waals surface area contributed by atoms with Crippen molar-refractivity contribution in [1.29, 1.82) is 0 Å². The molecule has 3 aromatic rings. The zero-order chi connectivity index (χ0) is 25.7. The summed E-state index contributed by atoms with van der Waals surface area (Å²) in [5.41, 5.74) is 2.86. The Bertz CT molecular complexity index is 1610. The lowest BCUT2D eigenvalue weighted by atomic mass is 9.95. The van der Waals surface area contributed by atoms with Crippen molar-refractivity contribution < 1.29 is 19.1 Å². The molecule has 2 aliphatic rings. The van der Waals surface area contributed by atoms with Crippen molar-refractivity contribution in [2.75, 3.05) is 19.1 Å². The number of ether oxygens (including phenoxy) is 2. The van der Waals surface area contributed by atoms with Gasteiger partial charge in [0.05, 0.1) is 41.8 Å². The predicted molar refractivity (Wildman–Crippen MR) is 137 cm³/mol. The lowest BCUT2D eigenvalue weighted by Gasteiger charge is -2.25. The normalized spacial score (nSPS) is 18.2. The maximum absolute atomic E-state index is 14.0. The van der Waals surface area contributed by atoms with E-state index >= 15 is 0 Å². The van der Waals surface area contributed by atoms with Gasteiger partial charge in [-0.3, -0.25) is 14.2 Å². The van der Waals surface area contributed by atoms with Crippen LogP contribution in [0.15, 0.2) is 69.6 Å². The second-order valence-corrected chi connectivity index (χ2v) is 9.86. The van der Waals surface area contributed by atoms with Crippen LogP contribution in [-0.2, 0) is 14.3 Å². The minimum absolute atomic E-state index is 0.252. The Labute approximate surface area is 211 Å². The number of carbonyl (C=O) groups is 2. The summed E-state index contributed by atoms with van der Waals surface area (Å²) < 4.78 is 12.6. The van der Waals surface area contributed by atoms with Crippen molar-refractivity contribution in [3.8, 4) is 5.75 Å². The number of anilines is 1. The van der Waals surface area contributed by atoms with E-state index < -0.39 is 12.0 Å². The van der Waals surface area contributed by atoms with E-state index in [9.17, 15) is 14.4 Å². The number of methoxy groups -OCH3 is 1. The number of hydrogen-bond acceptors (Lipinski definition) is 7. The number of allylic oxidation sites excluding steroid dienone is 1. The third-order valence-corrected chi connectivity index (χ3v) is 7.33. The summed E-state index contributed by atoms with van der Waals surface area (Å²) in [5.74, 6) is -0.138. The van der Waals surface area contributed by atoms with Crippen molar-refractivity contribution in [2.45, 2.75) is 32.9 Å². The smallest absolute Gasteiger partial charge is 0.338 e. The van der Waals surface area contributed by atoms with E-state index in [1.165, 1.54) is 4.57 Å². The molecule has 0 saturated heterocycles. The molecule has 0 aliphatic carbocycles. The summed E-state index contributed by atoms with van der Waals surface area (Å²) in [4.78, 5) is 47.0. The van der Waals surface area contributed by atoms with Crippen molar-refractivity contribution in [3.63, 3.8) is 0 Å². The molecule has 2 aliphatic heterocycles. The van der Waals surface area contributed by atoms with Crippen LogP contribution in [0, 0.1) is 0 Å². The van der Waals surface area contributed by atoms with E-state index in [2.05, 4.69) is 4.99 Å². The van der Waals surface area contributed by atoms with Crippen LogP contribution < -0.4 is 24.5 Å². The van der Waals surface area contributed by atoms with E-state index in [1.807, 2.05) is 36.4 Å². The van der Waals surface area contributed by atoms with Crippen molar-refractivity contribution in [1.82, 2.24) is 4.57 Å². The second kappa shape index (κ2) is 8.91. The molecule has 8 nitrogen and oxygen atoms in total. The molecule has 0 radical (unpaired) electrons. The van der Waals surface area contributed by atoms with Gasteiger partial charge in [0.2, 0.25) is 0 Å². The van der Waals surface area contributed by atoms with Gasteiger partial charge < -0.3 is 14.4 Å². The summed E-state index contributed by atoms with van der Waals surface area (Å²) in [6.07, 6.45) is -0.343. The summed E-state index contributed by atoms with van der Waals surface area (Å²) in [5, 5.41) is 0. The molecule has 0 fully saturated rings. The second-order valence-electron chi connectivity index (χ2n) is 8.89. The first-order valence-corrected chi connectivity index (χ1v) is 12.3. The van der Waals surface area contributed by atoms with Crippen molar-refractivity contribution >= 4 is 34.5 Å². The molecule has 1 atom stereocenters. The van der Waals surface area contributed by atoms with Gasteiger partial charge in [0, 0.05) is 12.6 Å². The first-order valence-electron chi connectivity index (χ1n) is 11.5. The van der Waals surface area contributed by atoms with E-state index in [0.717, 1.165) is 17.0 Å². The number of esters is 1. The minimum atomic E-state index is -0.766. The molecule has 5 rings (SSSR count). The Balaban J connectivity index is 1.80. The number of para-hydroxylation sites is 1. The number of thiazole rings is 1. The number of rotatable bonds is 4. The molecule has 0 N–H and O–H groups in total. The lowest BCUT2D eigenvalue weighted by molar-refractivity contribution is -0.143. The van der Waals surface area contributed by atoms with Crippen LogP contribution in [0.4, 0.5) is 5.69 Å². The molecule has 9 heteroatoms. The van der Waals surface area contributed by atoms with Crippen LogP contribution in [-0.4, -0.2) is 36.7 Å². The van der Waals surface area contributed by atoms with Gasteiger partial charge in [-0.05, 0) is 44.5 Å². The van der Waals surface area contributed by atoms with Gasteiger partial charge in [0.25, 0.3) is 11.5 Å². The highest BCUT2D eigenvalue weighted by molar-refractivity contribution is 7.07.